The minimum absolute atomic E-state index is 0.0891. The Balaban J connectivity index is 1.61. The Morgan fingerprint density at radius 1 is 0.969 bits per heavy atom. The van der Waals surface area contributed by atoms with Gasteiger partial charge >= 0.3 is 0 Å². The van der Waals surface area contributed by atoms with Crippen LogP contribution in [0.4, 0.5) is 5.69 Å². The third-order valence-corrected chi connectivity index (χ3v) is 5.95. The second-order valence-electron chi connectivity index (χ2n) is 7.36. The number of hydrogen-bond donors (Lipinski definition) is 1. The normalized spacial score (nSPS) is 10.7. The van der Waals surface area contributed by atoms with Crippen LogP contribution in [-0.4, -0.2) is 33.5 Å². The van der Waals surface area contributed by atoms with E-state index in [1.165, 1.54) is 17.3 Å². The van der Waals surface area contributed by atoms with Gasteiger partial charge < -0.3 is 10.1 Å². The second-order valence-corrected chi connectivity index (χ2v) is 8.30. The van der Waals surface area contributed by atoms with Crippen molar-refractivity contribution in [2.45, 2.75) is 19.0 Å². The third-order valence-electron chi connectivity index (χ3n) is 5.03. The zero-order chi connectivity index (χ0) is 22.5. The highest BCUT2D eigenvalue weighted by molar-refractivity contribution is 7.99. The summed E-state index contributed by atoms with van der Waals surface area (Å²) in [5.41, 5.74) is 4.86. The third kappa shape index (κ3) is 4.84. The van der Waals surface area contributed by atoms with Gasteiger partial charge in [0.05, 0.1) is 12.9 Å². The maximum atomic E-state index is 12.6. The first-order valence-corrected chi connectivity index (χ1v) is 11.2. The van der Waals surface area contributed by atoms with Gasteiger partial charge in [0.2, 0.25) is 5.91 Å². The number of nitrogens with one attached hydrogen (secondary N) is 1. The van der Waals surface area contributed by atoms with E-state index in [-0.39, 0.29) is 11.7 Å². The van der Waals surface area contributed by atoms with Crippen molar-refractivity contribution >= 4 is 23.4 Å². The van der Waals surface area contributed by atoms with Gasteiger partial charge in [-0.15, -0.1) is 10.2 Å². The number of carbonyl (C=O) groups excluding carboxylic acids is 1. The Morgan fingerprint density at radius 2 is 1.69 bits per heavy atom. The number of anilines is 1. The molecular formula is C25H24N4O2S. The molecule has 6 nitrogen and oxygen atoms in total. The number of benzene rings is 3. The van der Waals surface area contributed by atoms with Crippen LogP contribution in [0.1, 0.15) is 11.1 Å². The van der Waals surface area contributed by atoms with E-state index in [0.717, 1.165) is 28.3 Å². The van der Waals surface area contributed by atoms with Crippen LogP contribution in [0.2, 0.25) is 0 Å². The van der Waals surface area contributed by atoms with Crippen molar-refractivity contribution in [3.8, 4) is 22.8 Å². The number of amides is 1. The number of carbonyl (C=O) groups is 1. The molecule has 0 unspecified atom stereocenters. The Hall–Kier alpha value is -3.58. The van der Waals surface area contributed by atoms with Gasteiger partial charge in [-0.3, -0.25) is 9.36 Å². The molecule has 162 valence electrons. The molecule has 0 saturated carbocycles. The van der Waals surface area contributed by atoms with Crippen molar-refractivity contribution < 1.29 is 9.53 Å². The summed E-state index contributed by atoms with van der Waals surface area (Å²) in [6.07, 6.45) is 0. The SMILES string of the molecule is COc1ccc(-c2nnc(SCC(=O)Nc3ccccc3C)n2-c2ccc(C)cc2)cc1. The van der Waals surface area contributed by atoms with Gasteiger partial charge in [-0.05, 0) is 61.9 Å². The van der Waals surface area contributed by atoms with Crippen molar-refractivity contribution in [3.05, 3.63) is 83.9 Å². The van der Waals surface area contributed by atoms with E-state index in [4.69, 9.17) is 4.74 Å². The summed E-state index contributed by atoms with van der Waals surface area (Å²) in [5, 5.41) is 12.5. The number of rotatable bonds is 7. The van der Waals surface area contributed by atoms with E-state index in [1.807, 2.05) is 91.2 Å². The van der Waals surface area contributed by atoms with E-state index >= 15 is 0 Å². The van der Waals surface area contributed by atoms with E-state index in [2.05, 4.69) is 15.5 Å². The minimum Gasteiger partial charge on any atom is -0.497 e. The molecule has 1 N–H and O–H groups in total. The molecule has 1 heterocycles. The number of aryl methyl sites for hydroxylation is 2. The highest BCUT2D eigenvalue weighted by Crippen LogP contribution is 2.29. The fraction of sp³-hybridized carbons (Fsp3) is 0.160. The van der Waals surface area contributed by atoms with Crippen LogP contribution < -0.4 is 10.1 Å². The molecule has 0 atom stereocenters. The predicted octanol–water partition coefficient (Wildman–Crippen LogP) is 5.29. The maximum Gasteiger partial charge on any atom is 0.234 e. The number of ether oxygens (including phenoxy) is 1. The van der Waals surface area contributed by atoms with Crippen molar-refractivity contribution in [1.82, 2.24) is 14.8 Å². The summed E-state index contributed by atoms with van der Waals surface area (Å²) in [7, 11) is 1.64. The average Bonchev–Trinajstić information content (AvgIpc) is 3.24. The molecule has 1 amide bonds. The molecule has 0 aliphatic heterocycles. The Bertz CT molecular complexity index is 1220. The summed E-state index contributed by atoms with van der Waals surface area (Å²) in [6, 6.07) is 23.6. The first-order valence-electron chi connectivity index (χ1n) is 10.2. The minimum atomic E-state index is -0.0891. The average molecular weight is 445 g/mol. The maximum absolute atomic E-state index is 12.6. The van der Waals surface area contributed by atoms with E-state index in [9.17, 15) is 4.79 Å². The summed E-state index contributed by atoms with van der Waals surface area (Å²) >= 11 is 1.36. The Labute approximate surface area is 191 Å². The number of nitrogens with zero attached hydrogens (tertiary/aromatic N) is 3. The lowest BCUT2D eigenvalue weighted by Crippen LogP contribution is -2.15. The first-order chi connectivity index (χ1) is 15.5. The van der Waals surface area contributed by atoms with Gasteiger partial charge in [0.1, 0.15) is 5.75 Å². The van der Waals surface area contributed by atoms with E-state index in [1.54, 1.807) is 7.11 Å². The Kier molecular flexibility index (Phi) is 6.56. The highest BCUT2D eigenvalue weighted by atomic mass is 32.2. The van der Waals surface area contributed by atoms with Gasteiger partial charge in [-0.1, -0.05) is 47.7 Å². The molecule has 0 bridgehead atoms. The Morgan fingerprint density at radius 3 is 2.38 bits per heavy atom. The molecule has 4 aromatic rings. The molecule has 0 aliphatic rings. The summed E-state index contributed by atoms with van der Waals surface area (Å²) in [6.45, 7) is 4.02. The lowest BCUT2D eigenvalue weighted by Gasteiger charge is -2.11. The summed E-state index contributed by atoms with van der Waals surface area (Å²) in [5.74, 6) is 1.62. The fourth-order valence-corrected chi connectivity index (χ4v) is 4.00. The fourth-order valence-electron chi connectivity index (χ4n) is 3.25. The van der Waals surface area contributed by atoms with Crippen LogP contribution in [0.25, 0.3) is 17.1 Å². The first kappa shape index (κ1) is 21.6. The van der Waals surface area contributed by atoms with Gasteiger partial charge in [0.15, 0.2) is 11.0 Å². The van der Waals surface area contributed by atoms with E-state index in [0.29, 0.717) is 11.0 Å². The quantitative estimate of drug-likeness (QED) is 0.392. The molecular weight excluding hydrogens is 420 g/mol. The van der Waals surface area contributed by atoms with Crippen molar-refractivity contribution in [2.75, 3.05) is 18.2 Å². The molecule has 4 rings (SSSR count). The number of methoxy groups -OCH3 is 1. The largest absolute Gasteiger partial charge is 0.497 e. The lowest BCUT2D eigenvalue weighted by molar-refractivity contribution is -0.113. The number of thioether (sulfide) groups is 1. The zero-order valence-electron chi connectivity index (χ0n) is 18.2. The van der Waals surface area contributed by atoms with Crippen LogP contribution in [-0.2, 0) is 4.79 Å². The lowest BCUT2D eigenvalue weighted by atomic mass is 10.2. The van der Waals surface area contributed by atoms with Gasteiger partial charge in [0.25, 0.3) is 0 Å². The van der Waals surface area contributed by atoms with Crippen LogP contribution in [0.15, 0.2) is 78.0 Å². The topological polar surface area (TPSA) is 69.0 Å². The highest BCUT2D eigenvalue weighted by Gasteiger charge is 2.17. The zero-order valence-corrected chi connectivity index (χ0v) is 19.0. The van der Waals surface area contributed by atoms with Crippen LogP contribution in [0.3, 0.4) is 0 Å². The molecule has 1 aromatic heterocycles. The van der Waals surface area contributed by atoms with Crippen LogP contribution >= 0.6 is 11.8 Å². The standard InChI is InChI=1S/C25H24N4O2S/c1-17-8-12-20(13-9-17)29-24(19-10-14-21(31-3)15-11-19)27-28-25(29)32-16-23(30)26-22-7-5-4-6-18(22)2/h4-15H,16H2,1-3H3,(H,26,30). The monoisotopic (exact) mass is 444 g/mol. The molecule has 3 aromatic carbocycles. The van der Waals surface area contributed by atoms with Gasteiger partial charge in [-0.2, -0.15) is 0 Å². The van der Waals surface area contributed by atoms with Crippen molar-refractivity contribution in [3.63, 3.8) is 0 Å². The molecule has 0 saturated heterocycles. The van der Waals surface area contributed by atoms with E-state index < -0.39 is 0 Å². The molecule has 0 fully saturated rings. The van der Waals surface area contributed by atoms with Gasteiger partial charge in [-0.25, -0.2) is 0 Å². The molecule has 0 radical (unpaired) electrons. The molecule has 7 heteroatoms. The van der Waals surface area contributed by atoms with Gasteiger partial charge in [0, 0.05) is 16.9 Å². The molecule has 0 spiro atoms. The molecule has 0 aliphatic carbocycles. The van der Waals surface area contributed by atoms with Crippen molar-refractivity contribution in [2.24, 2.45) is 0 Å². The summed E-state index contributed by atoms with van der Waals surface area (Å²) in [4.78, 5) is 12.6. The van der Waals surface area contributed by atoms with Crippen LogP contribution in [0.5, 0.6) is 5.75 Å². The number of para-hydroxylation sites is 1. The second kappa shape index (κ2) is 9.70. The predicted molar refractivity (Wildman–Crippen MR) is 129 cm³/mol. The number of aromatic nitrogens is 3. The van der Waals surface area contributed by atoms with Crippen LogP contribution in [0, 0.1) is 13.8 Å². The smallest absolute Gasteiger partial charge is 0.234 e. The van der Waals surface area contributed by atoms with Crippen molar-refractivity contribution in [1.29, 1.82) is 0 Å². The number of hydrogen-bond acceptors (Lipinski definition) is 5. The molecule has 32 heavy (non-hydrogen) atoms. The summed E-state index contributed by atoms with van der Waals surface area (Å²) < 4.78 is 7.25.